The normalized spacial score (nSPS) is 23.8. The summed E-state index contributed by atoms with van der Waals surface area (Å²) >= 11 is 1.72. The zero-order valence-electron chi connectivity index (χ0n) is 9.58. The molecule has 16 heavy (non-hydrogen) atoms. The first kappa shape index (κ1) is 11.4. The van der Waals surface area contributed by atoms with Gasteiger partial charge in [-0.3, -0.25) is 0 Å². The summed E-state index contributed by atoms with van der Waals surface area (Å²) < 4.78 is 0.839. The molecule has 86 valence electrons. The molecule has 1 fully saturated rings. The van der Waals surface area contributed by atoms with Gasteiger partial charge in [-0.2, -0.15) is 0 Å². The Bertz CT molecular complexity index is 369. The van der Waals surface area contributed by atoms with Crippen molar-refractivity contribution in [1.82, 2.24) is 0 Å². The van der Waals surface area contributed by atoms with Crippen molar-refractivity contribution in [1.29, 1.82) is 0 Å². The van der Waals surface area contributed by atoms with Gasteiger partial charge in [0.15, 0.2) is 0 Å². The van der Waals surface area contributed by atoms with Gasteiger partial charge in [-0.15, -0.1) is 0 Å². The van der Waals surface area contributed by atoms with E-state index in [9.17, 15) is 0 Å². The van der Waals surface area contributed by atoms with Crippen LogP contribution in [0.1, 0.15) is 36.8 Å². The summed E-state index contributed by atoms with van der Waals surface area (Å²) in [6.45, 7) is 0. The van der Waals surface area contributed by atoms with E-state index in [1.54, 1.807) is 30.4 Å². The van der Waals surface area contributed by atoms with E-state index in [0.29, 0.717) is 0 Å². The van der Waals surface area contributed by atoms with Gasteiger partial charge in [0.1, 0.15) is 0 Å². The fourth-order valence-electron chi connectivity index (χ4n) is 2.55. The molecule has 2 heteroatoms. The molecule has 0 unspecified atom stereocenters. The van der Waals surface area contributed by atoms with Crippen molar-refractivity contribution < 1.29 is 0 Å². The third kappa shape index (κ3) is 2.27. The van der Waals surface area contributed by atoms with Crippen LogP contribution in [-0.2, 0) is 10.6 Å². The quantitative estimate of drug-likeness (QED) is 0.634. The van der Waals surface area contributed by atoms with Crippen LogP contribution < -0.4 is 0 Å². The van der Waals surface area contributed by atoms with Crippen molar-refractivity contribution in [2.24, 2.45) is 0 Å². The van der Waals surface area contributed by atoms with Gasteiger partial charge in [0.25, 0.3) is 0 Å². The third-order valence-electron chi connectivity index (χ3n) is 3.88. The molecule has 1 saturated carbocycles. The van der Waals surface area contributed by atoms with Crippen molar-refractivity contribution in [2.75, 3.05) is 0 Å². The van der Waals surface area contributed by atoms with Crippen LogP contribution in [0.15, 0.2) is 24.3 Å². The summed E-state index contributed by atoms with van der Waals surface area (Å²) in [6, 6.07) is 9.20. The fraction of sp³-hybridized carbons (Fsp3) is 0.571. The Morgan fingerprint density at radius 3 is 2.38 bits per heavy atom. The van der Waals surface area contributed by atoms with Crippen molar-refractivity contribution >= 4 is 29.9 Å². The van der Waals surface area contributed by atoms with E-state index in [4.69, 9.17) is 0 Å². The summed E-state index contributed by atoms with van der Waals surface area (Å²) in [5.74, 6) is 0. The first-order chi connectivity index (χ1) is 7.88. The number of fused-ring (bicyclic) bond motifs is 1. The average Bonchev–Trinajstić information content (AvgIpc) is 2.36. The molecule has 1 spiro atoms. The maximum atomic E-state index is 2.38. The van der Waals surface area contributed by atoms with Crippen molar-refractivity contribution in [3.05, 3.63) is 35.4 Å². The molecule has 0 nitrogen and oxygen atoms in total. The average molecular weight is 344 g/mol. The second-order valence-electron chi connectivity index (χ2n) is 4.90. The van der Waals surface area contributed by atoms with Crippen LogP contribution in [0.3, 0.4) is 0 Å². The molecule has 0 atom stereocenters. The molecule has 2 aliphatic rings. The third-order valence-corrected chi connectivity index (χ3v) is 9.52. The molecule has 0 aromatic heterocycles. The monoisotopic (exact) mass is 346 g/mol. The van der Waals surface area contributed by atoms with Crippen LogP contribution in [0.2, 0.25) is 9.63 Å². The van der Waals surface area contributed by atoms with E-state index < -0.39 is 0 Å². The molecule has 0 amide bonds. The second kappa shape index (κ2) is 4.86. The fourth-order valence-corrected chi connectivity index (χ4v) is 8.97. The Labute approximate surface area is 111 Å². The Morgan fingerprint density at radius 2 is 1.69 bits per heavy atom. The van der Waals surface area contributed by atoms with Crippen LogP contribution >= 0.6 is 0 Å². The molecular weight excluding hydrogens is 326 g/mol. The SMILES string of the molecule is c1ccc2c(c1)C[Se]CCC1(CCC1)[Se]C2. The summed E-state index contributed by atoms with van der Waals surface area (Å²) in [5.41, 5.74) is 3.35. The van der Waals surface area contributed by atoms with Crippen LogP contribution in [0, 0.1) is 0 Å². The topological polar surface area (TPSA) is 0 Å². The van der Waals surface area contributed by atoms with E-state index in [1.165, 1.54) is 22.4 Å². The molecule has 3 rings (SSSR count). The van der Waals surface area contributed by atoms with Gasteiger partial charge in [0.05, 0.1) is 0 Å². The Balaban J connectivity index is 1.81. The molecule has 0 N–H and O–H groups in total. The molecule has 1 aromatic rings. The Morgan fingerprint density at radius 1 is 0.938 bits per heavy atom. The van der Waals surface area contributed by atoms with Crippen LogP contribution in [0.5, 0.6) is 0 Å². The molecule has 1 aliphatic heterocycles. The molecule has 0 saturated heterocycles. The van der Waals surface area contributed by atoms with Crippen LogP contribution in [0.25, 0.3) is 0 Å². The minimum atomic E-state index is 0.839. The van der Waals surface area contributed by atoms with Crippen molar-refractivity contribution in [3.63, 3.8) is 0 Å². The van der Waals surface area contributed by atoms with E-state index in [2.05, 4.69) is 24.3 Å². The van der Waals surface area contributed by atoms with Gasteiger partial charge in [0.2, 0.25) is 0 Å². The van der Waals surface area contributed by atoms with Crippen LogP contribution in [0.4, 0.5) is 0 Å². The zero-order valence-corrected chi connectivity index (χ0v) is 13.0. The summed E-state index contributed by atoms with van der Waals surface area (Å²) in [6.07, 6.45) is 6.16. The predicted octanol–water partition coefficient (Wildman–Crippen LogP) is 3.26. The van der Waals surface area contributed by atoms with Gasteiger partial charge in [0, 0.05) is 0 Å². The zero-order chi connectivity index (χ0) is 10.8. The van der Waals surface area contributed by atoms with Gasteiger partial charge in [-0.05, 0) is 0 Å². The predicted molar refractivity (Wildman–Crippen MR) is 71.3 cm³/mol. The number of hydrogen-bond donors (Lipinski definition) is 0. The van der Waals surface area contributed by atoms with Crippen molar-refractivity contribution in [2.45, 2.75) is 46.0 Å². The minimum absolute atomic E-state index is 0.839. The van der Waals surface area contributed by atoms with Gasteiger partial charge in [-0.1, -0.05) is 0 Å². The maximum absolute atomic E-state index is 2.38. The molecule has 1 aliphatic carbocycles. The standard InChI is InChI=1S/C14H18Se2/c1-2-5-13-11-16-14(6-3-7-14)8-9-15-10-12(13)4-1/h1-2,4-5H,3,6-11H2. The Hall–Kier alpha value is 0.259. The first-order valence-corrected chi connectivity index (χ1v) is 10.7. The molecule has 0 radical (unpaired) electrons. The second-order valence-corrected chi connectivity index (χ2v) is 10.2. The molecule has 0 bridgehead atoms. The van der Waals surface area contributed by atoms with E-state index in [1.807, 2.05) is 0 Å². The van der Waals surface area contributed by atoms with Gasteiger partial charge < -0.3 is 0 Å². The molecular formula is C14H18Se2. The van der Waals surface area contributed by atoms with E-state index in [-0.39, 0.29) is 0 Å². The molecule has 1 heterocycles. The molecule has 1 aromatic carbocycles. The number of benzene rings is 1. The van der Waals surface area contributed by atoms with Gasteiger partial charge in [-0.25, -0.2) is 0 Å². The Kier molecular flexibility index (Phi) is 3.45. The van der Waals surface area contributed by atoms with Crippen molar-refractivity contribution in [3.8, 4) is 0 Å². The summed E-state index contributed by atoms with van der Waals surface area (Å²) in [4.78, 5) is 0. The van der Waals surface area contributed by atoms with E-state index >= 15 is 0 Å². The summed E-state index contributed by atoms with van der Waals surface area (Å²) in [7, 11) is 0. The first-order valence-electron chi connectivity index (χ1n) is 6.17. The van der Waals surface area contributed by atoms with E-state index in [0.717, 1.165) is 34.2 Å². The van der Waals surface area contributed by atoms with Gasteiger partial charge >= 0.3 is 111 Å². The summed E-state index contributed by atoms with van der Waals surface area (Å²) in [5, 5.41) is 4.32. The number of rotatable bonds is 0. The van der Waals surface area contributed by atoms with Crippen LogP contribution in [-0.4, -0.2) is 29.9 Å². The number of hydrogen-bond acceptors (Lipinski definition) is 0.